The standard InChI is InChI=1S/C15H32N2O/c1-13(2)14(6-9-16)5-4-10-17(3)15-7-11-18-12-8-15/h13-15H,4-12,16H2,1-3H3. The summed E-state index contributed by atoms with van der Waals surface area (Å²) in [6, 6.07) is 0.741. The van der Waals surface area contributed by atoms with Crippen LogP contribution in [0.15, 0.2) is 0 Å². The normalized spacial score (nSPS) is 19.7. The first-order chi connectivity index (χ1) is 8.65. The van der Waals surface area contributed by atoms with Crippen molar-refractivity contribution in [2.45, 2.75) is 52.0 Å². The highest BCUT2D eigenvalue weighted by Gasteiger charge is 2.18. The highest BCUT2D eigenvalue weighted by atomic mass is 16.5. The number of rotatable bonds is 8. The lowest BCUT2D eigenvalue weighted by Crippen LogP contribution is -2.37. The van der Waals surface area contributed by atoms with Gasteiger partial charge < -0.3 is 15.4 Å². The number of hydrogen-bond acceptors (Lipinski definition) is 3. The van der Waals surface area contributed by atoms with Gasteiger partial charge in [0, 0.05) is 19.3 Å². The Morgan fingerprint density at radius 3 is 2.44 bits per heavy atom. The number of nitrogens with zero attached hydrogens (tertiary/aromatic N) is 1. The van der Waals surface area contributed by atoms with Gasteiger partial charge in [0.2, 0.25) is 0 Å². The van der Waals surface area contributed by atoms with Gasteiger partial charge in [0.1, 0.15) is 0 Å². The summed E-state index contributed by atoms with van der Waals surface area (Å²) < 4.78 is 5.42. The van der Waals surface area contributed by atoms with E-state index in [1.165, 1.54) is 38.6 Å². The molecule has 0 aromatic heterocycles. The van der Waals surface area contributed by atoms with Crippen LogP contribution in [0.1, 0.15) is 46.0 Å². The zero-order chi connectivity index (χ0) is 13.4. The molecule has 0 aromatic rings. The Balaban J connectivity index is 2.18. The topological polar surface area (TPSA) is 38.5 Å². The van der Waals surface area contributed by atoms with Crippen molar-refractivity contribution in [3.05, 3.63) is 0 Å². The largest absolute Gasteiger partial charge is 0.381 e. The molecule has 1 aliphatic heterocycles. The molecular weight excluding hydrogens is 224 g/mol. The summed E-state index contributed by atoms with van der Waals surface area (Å²) in [6.07, 6.45) is 6.21. The minimum absolute atomic E-state index is 0.741. The third kappa shape index (κ3) is 5.68. The van der Waals surface area contributed by atoms with Gasteiger partial charge in [0.25, 0.3) is 0 Å². The van der Waals surface area contributed by atoms with Gasteiger partial charge in [0.05, 0.1) is 0 Å². The van der Waals surface area contributed by atoms with Crippen LogP contribution in [-0.2, 0) is 4.74 Å². The molecule has 1 saturated heterocycles. The van der Waals surface area contributed by atoms with E-state index in [-0.39, 0.29) is 0 Å². The first-order valence-corrected chi connectivity index (χ1v) is 7.63. The van der Waals surface area contributed by atoms with Crippen LogP contribution in [0.3, 0.4) is 0 Å². The van der Waals surface area contributed by atoms with E-state index in [9.17, 15) is 0 Å². The average Bonchev–Trinajstić information content (AvgIpc) is 2.38. The number of nitrogens with two attached hydrogens (primary N) is 1. The SMILES string of the molecule is CC(C)C(CCN)CCCN(C)C1CCOCC1. The lowest BCUT2D eigenvalue weighted by atomic mass is 9.88. The van der Waals surface area contributed by atoms with E-state index in [0.29, 0.717) is 0 Å². The molecule has 0 spiro atoms. The van der Waals surface area contributed by atoms with Gasteiger partial charge in [-0.25, -0.2) is 0 Å². The molecule has 0 aliphatic carbocycles. The second-order valence-corrected chi connectivity index (χ2v) is 6.05. The summed E-state index contributed by atoms with van der Waals surface area (Å²) >= 11 is 0. The number of hydrogen-bond donors (Lipinski definition) is 1. The average molecular weight is 256 g/mol. The molecule has 2 N–H and O–H groups in total. The fraction of sp³-hybridized carbons (Fsp3) is 1.00. The van der Waals surface area contributed by atoms with Crippen LogP contribution in [-0.4, -0.2) is 44.3 Å². The fourth-order valence-electron chi connectivity index (χ4n) is 2.94. The van der Waals surface area contributed by atoms with E-state index in [4.69, 9.17) is 10.5 Å². The first kappa shape index (κ1) is 15.9. The maximum Gasteiger partial charge on any atom is 0.0480 e. The summed E-state index contributed by atoms with van der Waals surface area (Å²) in [4.78, 5) is 2.53. The Labute approximate surface area is 113 Å². The van der Waals surface area contributed by atoms with Gasteiger partial charge in [-0.1, -0.05) is 13.8 Å². The van der Waals surface area contributed by atoms with Crippen molar-refractivity contribution >= 4 is 0 Å². The summed E-state index contributed by atoms with van der Waals surface area (Å²) in [5.41, 5.74) is 5.69. The lowest BCUT2D eigenvalue weighted by Gasteiger charge is -2.31. The van der Waals surface area contributed by atoms with Crippen molar-refractivity contribution in [1.82, 2.24) is 4.90 Å². The molecule has 1 heterocycles. The van der Waals surface area contributed by atoms with E-state index in [1.807, 2.05) is 0 Å². The van der Waals surface area contributed by atoms with Gasteiger partial charge in [-0.3, -0.25) is 0 Å². The molecule has 1 atom stereocenters. The minimum Gasteiger partial charge on any atom is -0.381 e. The predicted molar refractivity (Wildman–Crippen MR) is 77.7 cm³/mol. The molecule has 0 radical (unpaired) electrons. The van der Waals surface area contributed by atoms with E-state index in [1.54, 1.807) is 0 Å². The van der Waals surface area contributed by atoms with Crippen LogP contribution in [0.2, 0.25) is 0 Å². The van der Waals surface area contributed by atoms with Crippen LogP contribution in [0.4, 0.5) is 0 Å². The van der Waals surface area contributed by atoms with Gasteiger partial charge in [0.15, 0.2) is 0 Å². The van der Waals surface area contributed by atoms with E-state index in [0.717, 1.165) is 37.6 Å². The smallest absolute Gasteiger partial charge is 0.0480 e. The Bertz CT molecular complexity index is 203. The van der Waals surface area contributed by atoms with Gasteiger partial charge >= 0.3 is 0 Å². The molecule has 18 heavy (non-hydrogen) atoms. The highest BCUT2D eigenvalue weighted by molar-refractivity contribution is 4.72. The molecule has 1 unspecified atom stereocenters. The minimum atomic E-state index is 0.741. The Morgan fingerprint density at radius 2 is 1.89 bits per heavy atom. The van der Waals surface area contributed by atoms with Gasteiger partial charge in [-0.2, -0.15) is 0 Å². The molecule has 0 aromatic carbocycles. The monoisotopic (exact) mass is 256 g/mol. The first-order valence-electron chi connectivity index (χ1n) is 7.63. The van der Waals surface area contributed by atoms with Crippen LogP contribution in [0.25, 0.3) is 0 Å². The number of ether oxygens (including phenoxy) is 1. The van der Waals surface area contributed by atoms with Crippen molar-refractivity contribution in [1.29, 1.82) is 0 Å². The molecule has 0 saturated carbocycles. The molecule has 0 bridgehead atoms. The lowest BCUT2D eigenvalue weighted by molar-refractivity contribution is 0.0420. The van der Waals surface area contributed by atoms with Crippen molar-refractivity contribution < 1.29 is 4.74 Å². The van der Waals surface area contributed by atoms with Crippen LogP contribution < -0.4 is 5.73 Å². The van der Waals surface area contributed by atoms with Crippen LogP contribution in [0.5, 0.6) is 0 Å². The Morgan fingerprint density at radius 1 is 1.22 bits per heavy atom. The highest BCUT2D eigenvalue weighted by Crippen LogP contribution is 2.21. The van der Waals surface area contributed by atoms with Crippen molar-refractivity contribution in [3.63, 3.8) is 0 Å². The molecule has 1 rings (SSSR count). The van der Waals surface area contributed by atoms with Crippen molar-refractivity contribution in [3.8, 4) is 0 Å². The second-order valence-electron chi connectivity index (χ2n) is 6.05. The zero-order valence-corrected chi connectivity index (χ0v) is 12.5. The van der Waals surface area contributed by atoms with E-state index >= 15 is 0 Å². The van der Waals surface area contributed by atoms with Crippen LogP contribution >= 0.6 is 0 Å². The molecule has 3 nitrogen and oxygen atoms in total. The van der Waals surface area contributed by atoms with Crippen LogP contribution in [0, 0.1) is 11.8 Å². The summed E-state index contributed by atoms with van der Waals surface area (Å²) in [5.74, 6) is 1.57. The molecule has 108 valence electrons. The Kier molecular flexibility index (Phi) is 7.87. The van der Waals surface area contributed by atoms with E-state index < -0.39 is 0 Å². The summed E-state index contributed by atoms with van der Waals surface area (Å²) in [5, 5.41) is 0. The van der Waals surface area contributed by atoms with Gasteiger partial charge in [-0.05, 0) is 64.1 Å². The Hall–Kier alpha value is -0.120. The molecule has 1 fully saturated rings. The van der Waals surface area contributed by atoms with E-state index in [2.05, 4.69) is 25.8 Å². The molecular formula is C15H32N2O. The van der Waals surface area contributed by atoms with Crippen molar-refractivity contribution in [2.75, 3.05) is 33.4 Å². The third-order valence-electron chi connectivity index (χ3n) is 4.38. The maximum atomic E-state index is 5.69. The fourth-order valence-corrected chi connectivity index (χ4v) is 2.94. The molecule has 0 amide bonds. The quantitative estimate of drug-likeness (QED) is 0.725. The summed E-state index contributed by atoms with van der Waals surface area (Å²) in [7, 11) is 2.27. The molecule has 1 aliphatic rings. The summed E-state index contributed by atoms with van der Waals surface area (Å²) in [6.45, 7) is 8.58. The predicted octanol–water partition coefficient (Wildman–Crippen LogP) is 2.50. The third-order valence-corrected chi connectivity index (χ3v) is 4.38. The maximum absolute atomic E-state index is 5.69. The van der Waals surface area contributed by atoms with Crippen molar-refractivity contribution in [2.24, 2.45) is 17.6 Å². The zero-order valence-electron chi connectivity index (χ0n) is 12.5. The second kappa shape index (κ2) is 8.89. The van der Waals surface area contributed by atoms with Gasteiger partial charge in [-0.15, -0.1) is 0 Å². The molecule has 3 heteroatoms.